The zero-order valence-corrected chi connectivity index (χ0v) is 23.1. The van der Waals surface area contributed by atoms with Crippen molar-refractivity contribution in [3.63, 3.8) is 0 Å². The predicted molar refractivity (Wildman–Crippen MR) is 144 cm³/mol. The zero-order valence-electron chi connectivity index (χ0n) is 20.9. The van der Waals surface area contributed by atoms with Gasteiger partial charge < -0.3 is 14.2 Å². The van der Waals surface area contributed by atoms with Gasteiger partial charge in [0.25, 0.3) is 0 Å². The van der Waals surface area contributed by atoms with Gasteiger partial charge in [-0.2, -0.15) is 10.4 Å². The molecule has 0 radical (unpaired) electrons. The minimum Gasteiger partial charge on any atom is -0.480 e. The van der Waals surface area contributed by atoms with E-state index in [1.54, 1.807) is 33.0 Å². The molecule has 0 N–H and O–H groups in total. The molecule has 4 aromatic rings. The molecule has 0 spiro atoms. The van der Waals surface area contributed by atoms with Crippen LogP contribution in [-0.4, -0.2) is 38.6 Å². The lowest BCUT2D eigenvalue weighted by molar-refractivity contribution is 0.0521. The minimum absolute atomic E-state index is 0.0589. The van der Waals surface area contributed by atoms with Crippen LogP contribution in [0.1, 0.15) is 37.7 Å². The van der Waals surface area contributed by atoms with E-state index in [2.05, 4.69) is 15.1 Å². The number of hydrogen-bond acceptors (Lipinski definition) is 8. The summed E-state index contributed by atoms with van der Waals surface area (Å²) in [4.78, 5) is 21.5. The van der Waals surface area contributed by atoms with Crippen molar-refractivity contribution in [3.8, 4) is 23.4 Å². The first kappa shape index (κ1) is 27.5. The molecule has 0 aliphatic carbocycles. The largest absolute Gasteiger partial charge is 0.480 e. The van der Waals surface area contributed by atoms with Gasteiger partial charge in [0.1, 0.15) is 21.4 Å². The van der Waals surface area contributed by atoms with E-state index in [9.17, 15) is 10.1 Å². The average molecular weight is 575 g/mol. The Kier molecular flexibility index (Phi) is 7.97. The highest BCUT2D eigenvalue weighted by atomic mass is 35.5. The molecule has 4 rings (SSSR count). The molecule has 12 heteroatoms. The highest BCUT2D eigenvalue weighted by Gasteiger charge is 2.24. The summed E-state index contributed by atoms with van der Waals surface area (Å²) in [6, 6.07) is 10.1. The number of nitrogens with zero attached hydrogens (tertiary/aromatic N) is 5. The molecular formula is C26H22Cl3N5O4. The van der Waals surface area contributed by atoms with Crippen LogP contribution in [0.2, 0.25) is 15.1 Å². The molecule has 3 aromatic heterocycles. The van der Waals surface area contributed by atoms with Gasteiger partial charge in [0.2, 0.25) is 5.88 Å². The number of pyridine rings is 2. The number of hydrogen-bond donors (Lipinski definition) is 0. The summed E-state index contributed by atoms with van der Waals surface area (Å²) in [5.41, 5.74) is 1.01. The van der Waals surface area contributed by atoms with E-state index in [1.807, 2.05) is 12.1 Å². The van der Waals surface area contributed by atoms with E-state index in [1.165, 1.54) is 25.3 Å². The molecular weight excluding hydrogens is 553 g/mol. The molecule has 0 aliphatic heterocycles. The average Bonchev–Trinajstić information content (AvgIpc) is 3.24. The van der Waals surface area contributed by atoms with E-state index in [4.69, 9.17) is 49.0 Å². The Morgan fingerprint density at radius 3 is 2.53 bits per heavy atom. The van der Waals surface area contributed by atoms with E-state index in [0.717, 1.165) is 4.68 Å². The Bertz CT molecular complexity index is 1570. The maximum absolute atomic E-state index is 12.8. The van der Waals surface area contributed by atoms with Crippen molar-refractivity contribution in [2.75, 3.05) is 7.11 Å². The van der Waals surface area contributed by atoms with Crippen LogP contribution in [0.25, 0.3) is 11.0 Å². The number of nitriles is 1. The normalized spacial score (nSPS) is 11.3. The second kappa shape index (κ2) is 11.0. The third-order valence-electron chi connectivity index (χ3n) is 5.17. The number of ether oxygens (including phenoxy) is 3. The molecule has 0 amide bonds. The van der Waals surface area contributed by atoms with Crippen molar-refractivity contribution in [1.82, 2.24) is 19.7 Å². The number of benzene rings is 1. The molecule has 0 fully saturated rings. The summed E-state index contributed by atoms with van der Waals surface area (Å²) >= 11 is 19.3. The first-order valence-electron chi connectivity index (χ1n) is 11.4. The number of carbonyl (C=O) groups is 1. The van der Waals surface area contributed by atoms with E-state index in [-0.39, 0.29) is 27.4 Å². The third-order valence-corrected chi connectivity index (χ3v) is 6.12. The number of methoxy groups -OCH3 is 1. The number of rotatable bonds is 6. The Morgan fingerprint density at radius 2 is 1.84 bits per heavy atom. The van der Waals surface area contributed by atoms with Crippen molar-refractivity contribution in [2.24, 2.45) is 0 Å². The van der Waals surface area contributed by atoms with Crippen molar-refractivity contribution in [1.29, 1.82) is 5.26 Å². The van der Waals surface area contributed by atoms with Gasteiger partial charge in [-0.25, -0.2) is 14.8 Å². The topological polar surface area (TPSA) is 112 Å². The highest BCUT2D eigenvalue weighted by Crippen LogP contribution is 2.43. The first-order valence-corrected chi connectivity index (χ1v) is 12.5. The fourth-order valence-electron chi connectivity index (χ4n) is 3.61. The number of aryl methyl sites for hydroxylation is 2. The van der Waals surface area contributed by atoms with Crippen LogP contribution in [0.3, 0.4) is 0 Å². The molecule has 38 heavy (non-hydrogen) atoms. The van der Waals surface area contributed by atoms with Gasteiger partial charge in [0, 0.05) is 16.6 Å². The first-order chi connectivity index (χ1) is 18.0. The summed E-state index contributed by atoms with van der Waals surface area (Å²) in [6.07, 6.45) is 1.60. The van der Waals surface area contributed by atoms with Crippen LogP contribution < -0.4 is 9.47 Å². The summed E-state index contributed by atoms with van der Waals surface area (Å²) in [6.45, 7) is 5.32. The van der Waals surface area contributed by atoms with Crippen molar-refractivity contribution in [2.45, 2.75) is 39.2 Å². The van der Waals surface area contributed by atoms with Crippen LogP contribution in [-0.2, 0) is 17.6 Å². The Balaban J connectivity index is 1.68. The molecule has 3 heterocycles. The summed E-state index contributed by atoms with van der Waals surface area (Å²) in [7, 11) is 1.42. The molecule has 196 valence electrons. The molecule has 1 aromatic carbocycles. The van der Waals surface area contributed by atoms with Gasteiger partial charge in [-0.3, -0.25) is 0 Å². The minimum atomic E-state index is -0.699. The highest BCUT2D eigenvalue weighted by molar-refractivity contribution is 6.38. The van der Waals surface area contributed by atoms with Gasteiger partial charge in [-0.05, 0) is 63.9 Å². The molecule has 0 aliphatic rings. The van der Waals surface area contributed by atoms with Crippen LogP contribution in [0.4, 0.5) is 4.79 Å². The molecule has 0 saturated heterocycles. The Morgan fingerprint density at radius 1 is 1.11 bits per heavy atom. The molecule has 0 bridgehead atoms. The lowest BCUT2D eigenvalue weighted by Crippen LogP contribution is -2.28. The fraction of sp³-hybridized carbons (Fsp3) is 0.269. The Labute approximate surface area is 233 Å². The lowest BCUT2D eigenvalue weighted by Gasteiger charge is -2.18. The van der Waals surface area contributed by atoms with Crippen molar-refractivity contribution >= 4 is 51.9 Å². The second-order valence-corrected chi connectivity index (χ2v) is 10.3. The maximum atomic E-state index is 12.8. The van der Waals surface area contributed by atoms with Gasteiger partial charge in [0.05, 0.1) is 30.1 Å². The second-order valence-electron chi connectivity index (χ2n) is 9.13. The van der Waals surface area contributed by atoms with Crippen LogP contribution in [0.15, 0.2) is 36.5 Å². The van der Waals surface area contributed by atoms with E-state index in [0.29, 0.717) is 45.8 Å². The number of carbonyl (C=O) groups excluding carboxylic acids is 1. The van der Waals surface area contributed by atoms with E-state index < -0.39 is 11.7 Å². The zero-order chi connectivity index (χ0) is 27.6. The predicted octanol–water partition coefficient (Wildman–Crippen LogP) is 7.03. The monoisotopic (exact) mass is 573 g/mol. The Hall–Kier alpha value is -3.58. The van der Waals surface area contributed by atoms with Crippen LogP contribution in [0.5, 0.6) is 17.4 Å². The summed E-state index contributed by atoms with van der Waals surface area (Å²) < 4.78 is 17.9. The SMILES string of the molecule is COc1nc(CCc2nn(C(=O)OC(C)(C)C)c3ncccc23)c(Cl)c(Oc2cc(Cl)cc(C#N)c2)c1Cl. The van der Waals surface area contributed by atoms with Gasteiger partial charge in [-0.15, -0.1) is 4.68 Å². The number of aromatic nitrogens is 4. The van der Waals surface area contributed by atoms with Crippen LogP contribution in [0, 0.1) is 11.3 Å². The molecule has 0 unspecified atom stereocenters. The van der Waals surface area contributed by atoms with Crippen LogP contribution >= 0.6 is 34.8 Å². The van der Waals surface area contributed by atoms with Crippen molar-refractivity contribution in [3.05, 3.63) is 68.5 Å². The molecule has 9 nitrogen and oxygen atoms in total. The lowest BCUT2D eigenvalue weighted by atomic mass is 10.1. The fourth-order valence-corrected chi connectivity index (χ4v) is 4.40. The van der Waals surface area contributed by atoms with Gasteiger partial charge in [0.15, 0.2) is 11.4 Å². The van der Waals surface area contributed by atoms with Gasteiger partial charge >= 0.3 is 6.09 Å². The summed E-state index contributed by atoms with van der Waals surface area (Å²) in [5, 5.41) is 14.9. The van der Waals surface area contributed by atoms with Gasteiger partial charge in [-0.1, -0.05) is 34.8 Å². The standard InChI is InChI=1S/C26H22Cl3N5O4/c1-26(2,3)38-25(35)34-23-17(6-5-9-31-23)18(33-34)7-8-19-20(28)22(21(29)24(32-19)36-4)37-16-11-14(13-30)10-15(27)12-16/h5-6,9-12H,7-8H2,1-4H3. The number of halogens is 3. The number of fused-ring (bicyclic) bond motifs is 1. The van der Waals surface area contributed by atoms with E-state index >= 15 is 0 Å². The van der Waals surface area contributed by atoms with Crippen molar-refractivity contribution < 1.29 is 19.0 Å². The third kappa shape index (κ3) is 5.94. The maximum Gasteiger partial charge on any atom is 0.437 e. The molecule has 0 saturated carbocycles. The quantitative estimate of drug-likeness (QED) is 0.241. The summed E-state index contributed by atoms with van der Waals surface area (Å²) in [5.74, 6) is 0.479. The smallest absolute Gasteiger partial charge is 0.437 e. The molecule has 0 atom stereocenters.